The van der Waals surface area contributed by atoms with Gasteiger partial charge in [0.25, 0.3) is 0 Å². The van der Waals surface area contributed by atoms with Crippen LogP contribution in [0.25, 0.3) is 0 Å². The summed E-state index contributed by atoms with van der Waals surface area (Å²) in [6, 6.07) is 0.474. The first kappa shape index (κ1) is 11.7. The van der Waals surface area contributed by atoms with Gasteiger partial charge in [0.05, 0.1) is 0 Å². The van der Waals surface area contributed by atoms with E-state index in [2.05, 4.69) is 32.7 Å². The van der Waals surface area contributed by atoms with Gasteiger partial charge < -0.3 is 0 Å². The second-order valence-corrected chi connectivity index (χ2v) is 3.60. The van der Waals surface area contributed by atoms with E-state index in [1.165, 1.54) is 31.4 Å². The van der Waals surface area contributed by atoms with E-state index < -0.39 is 0 Å². The molecule has 0 unspecified atom stereocenters. The molecule has 0 N–H and O–H groups in total. The molecule has 0 saturated carbocycles. The molecule has 0 aromatic carbocycles. The highest BCUT2D eigenvalue weighted by atomic mass is 14.8. The molecule has 1 heteroatoms. The van der Waals surface area contributed by atoms with Crippen LogP contribution in [0.2, 0.25) is 0 Å². The Morgan fingerprint density at radius 2 is 1.83 bits per heavy atom. The Bertz CT molecular complexity index is 125. The Morgan fingerprint density at radius 1 is 1.17 bits per heavy atom. The van der Waals surface area contributed by atoms with Gasteiger partial charge in [-0.2, -0.15) is 0 Å². The highest BCUT2D eigenvalue weighted by molar-refractivity contribution is 5.84. The van der Waals surface area contributed by atoms with Crippen LogP contribution in [0.5, 0.6) is 0 Å². The molecule has 0 atom stereocenters. The molecule has 0 saturated heterocycles. The minimum Gasteiger partial charge on any atom is -0.291 e. The van der Waals surface area contributed by atoms with Crippen LogP contribution in [0.4, 0.5) is 0 Å². The highest BCUT2D eigenvalue weighted by Gasteiger charge is 1.97. The maximum Gasteiger partial charge on any atom is 0.0442 e. The molecule has 0 rings (SSSR count). The average molecular weight is 169 g/mol. The molecule has 0 heterocycles. The first-order chi connectivity index (χ1) is 5.70. The lowest BCUT2D eigenvalue weighted by Gasteiger charge is -2.05. The molecule has 0 aliphatic heterocycles. The number of unbranched alkanes of at least 4 members (excludes halogenated alkanes) is 2. The average Bonchev–Trinajstić information content (AvgIpc) is 2.02. The Labute approximate surface area is 77.3 Å². The fraction of sp³-hybridized carbons (Fsp3) is 0.909. The molecular weight excluding hydrogens is 146 g/mol. The lowest BCUT2D eigenvalue weighted by atomic mass is 10.1. The van der Waals surface area contributed by atoms with Crippen molar-refractivity contribution in [1.82, 2.24) is 0 Å². The van der Waals surface area contributed by atoms with Crippen LogP contribution in [-0.2, 0) is 0 Å². The van der Waals surface area contributed by atoms with Gasteiger partial charge in [-0.15, -0.1) is 0 Å². The summed E-state index contributed by atoms with van der Waals surface area (Å²) in [4.78, 5) is 4.58. The Hall–Kier alpha value is -0.330. The molecule has 12 heavy (non-hydrogen) atoms. The van der Waals surface area contributed by atoms with Crippen LogP contribution in [0, 0.1) is 0 Å². The third kappa shape index (κ3) is 6.38. The minimum absolute atomic E-state index is 0.474. The van der Waals surface area contributed by atoms with Gasteiger partial charge in [0.1, 0.15) is 0 Å². The summed E-state index contributed by atoms with van der Waals surface area (Å²) in [7, 11) is 0. The van der Waals surface area contributed by atoms with Crippen molar-refractivity contribution in [1.29, 1.82) is 0 Å². The summed E-state index contributed by atoms with van der Waals surface area (Å²) in [6.45, 7) is 8.74. The first-order valence-corrected chi connectivity index (χ1v) is 5.26. The summed E-state index contributed by atoms with van der Waals surface area (Å²) < 4.78 is 0. The molecule has 72 valence electrons. The predicted octanol–water partition coefficient (Wildman–Crippen LogP) is 3.83. The monoisotopic (exact) mass is 169 g/mol. The van der Waals surface area contributed by atoms with E-state index in [1.807, 2.05) is 0 Å². The molecule has 0 fully saturated rings. The van der Waals surface area contributed by atoms with Crippen LogP contribution in [-0.4, -0.2) is 11.8 Å². The fourth-order valence-electron chi connectivity index (χ4n) is 1.28. The second kappa shape index (κ2) is 7.33. The zero-order valence-corrected chi connectivity index (χ0v) is 9.06. The van der Waals surface area contributed by atoms with Crippen LogP contribution in [0.3, 0.4) is 0 Å². The number of aliphatic imine (C=N–C) groups is 1. The lowest BCUT2D eigenvalue weighted by Crippen LogP contribution is -2.01. The van der Waals surface area contributed by atoms with Gasteiger partial charge in [0, 0.05) is 11.8 Å². The molecular formula is C11H23N. The summed E-state index contributed by atoms with van der Waals surface area (Å²) >= 11 is 0. The number of rotatable bonds is 6. The maximum absolute atomic E-state index is 4.58. The largest absolute Gasteiger partial charge is 0.291 e. The molecule has 0 bridgehead atoms. The molecule has 0 radical (unpaired) electrons. The minimum atomic E-state index is 0.474. The lowest BCUT2D eigenvalue weighted by molar-refractivity contribution is 0.729. The highest BCUT2D eigenvalue weighted by Crippen LogP contribution is 2.04. The van der Waals surface area contributed by atoms with Gasteiger partial charge in [-0.3, -0.25) is 4.99 Å². The van der Waals surface area contributed by atoms with E-state index in [-0.39, 0.29) is 0 Å². The van der Waals surface area contributed by atoms with Gasteiger partial charge in [0.15, 0.2) is 0 Å². The number of hydrogen-bond acceptors (Lipinski definition) is 1. The van der Waals surface area contributed by atoms with Crippen LogP contribution in [0.1, 0.15) is 59.8 Å². The summed E-state index contributed by atoms with van der Waals surface area (Å²) in [5.41, 5.74) is 1.40. The smallest absolute Gasteiger partial charge is 0.0442 e. The maximum atomic E-state index is 4.58. The van der Waals surface area contributed by atoms with Crippen LogP contribution >= 0.6 is 0 Å². The molecule has 0 aromatic rings. The predicted molar refractivity (Wildman–Crippen MR) is 57.0 cm³/mol. The van der Waals surface area contributed by atoms with Crippen molar-refractivity contribution in [3.63, 3.8) is 0 Å². The first-order valence-electron chi connectivity index (χ1n) is 5.26. The standard InChI is InChI=1S/C11H23N/c1-5-7-8-9-11(6-2)12-10(3)4/h10H,5-9H2,1-4H3. The molecule has 0 spiro atoms. The Kier molecular flexibility index (Phi) is 7.12. The van der Waals surface area contributed by atoms with Crippen molar-refractivity contribution in [3.05, 3.63) is 0 Å². The van der Waals surface area contributed by atoms with Crippen molar-refractivity contribution >= 4 is 5.71 Å². The van der Waals surface area contributed by atoms with Crippen molar-refractivity contribution in [2.24, 2.45) is 4.99 Å². The second-order valence-electron chi connectivity index (χ2n) is 3.60. The topological polar surface area (TPSA) is 12.4 Å². The van der Waals surface area contributed by atoms with E-state index in [4.69, 9.17) is 0 Å². The molecule has 0 aromatic heterocycles. The quantitative estimate of drug-likeness (QED) is 0.423. The van der Waals surface area contributed by atoms with E-state index in [0.717, 1.165) is 6.42 Å². The molecule has 0 aliphatic carbocycles. The van der Waals surface area contributed by atoms with Crippen LogP contribution < -0.4 is 0 Å². The van der Waals surface area contributed by atoms with Gasteiger partial charge in [-0.05, 0) is 33.1 Å². The van der Waals surface area contributed by atoms with Crippen LogP contribution in [0.15, 0.2) is 4.99 Å². The number of nitrogens with zero attached hydrogens (tertiary/aromatic N) is 1. The summed E-state index contributed by atoms with van der Waals surface area (Å²) in [5.74, 6) is 0. The summed E-state index contributed by atoms with van der Waals surface area (Å²) in [6.07, 6.45) is 6.30. The van der Waals surface area contributed by atoms with Crippen molar-refractivity contribution in [3.8, 4) is 0 Å². The fourth-order valence-corrected chi connectivity index (χ4v) is 1.28. The third-order valence-corrected chi connectivity index (χ3v) is 1.92. The SMILES string of the molecule is CCCCCC(CC)=NC(C)C. The van der Waals surface area contributed by atoms with Gasteiger partial charge in [-0.1, -0.05) is 26.7 Å². The molecule has 0 aliphatic rings. The summed E-state index contributed by atoms with van der Waals surface area (Å²) in [5, 5.41) is 0. The van der Waals surface area contributed by atoms with Gasteiger partial charge >= 0.3 is 0 Å². The van der Waals surface area contributed by atoms with E-state index >= 15 is 0 Å². The zero-order valence-electron chi connectivity index (χ0n) is 9.06. The van der Waals surface area contributed by atoms with E-state index in [1.54, 1.807) is 0 Å². The van der Waals surface area contributed by atoms with E-state index in [0.29, 0.717) is 6.04 Å². The Morgan fingerprint density at radius 3 is 2.25 bits per heavy atom. The van der Waals surface area contributed by atoms with Crippen molar-refractivity contribution in [2.45, 2.75) is 65.8 Å². The normalized spacial score (nSPS) is 12.6. The van der Waals surface area contributed by atoms with Crippen molar-refractivity contribution < 1.29 is 0 Å². The molecule has 0 amide bonds. The van der Waals surface area contributed by atoms with E-state index in [9.17, 15) is 0 Å². The van der Waals surface area contributed by atoms with Gasteiger partial charge in [0.2, 0.25) is 0 Å². The zero-order chi connectivity index (χ0) is 9.40. The molecule has 1 nitrogen and oxygen atoms in total. The van der Waals surface area contributed by atoms with Gasteiger partial charge in [-0.25, -0.2) is 0 Å². The Balaban J connectivity index is 3.67. The number of hydrogen-bond donors (Lipinski definition) is 0. The third-order valence-electron chi connectivity index (χ3n) is 1.92. The van der Waals surface area contributed by atoms with Crippen molar-refractivity contribution in [2.75, 3.05) is 0 Å².